The molecule has 132 valence electrons. The Hall–Kier alpha value is -0.200. The molecule has 0 radical (unpaired) electrons. The van der Waals surface area contributed by atoms with Crippen molar-refractivity contribution in [3.8, 4) is 0 Å². The molecule has 0 spiro atoms. The maximum absolute atomic E-state index is 11.4. The van der Waals surface area contributed by atoms with Gasteiger partial charge in [0.15, 0.2) is 12.1 Å². The molecule has 0 amide bonds. The molecule has 5 heteroatoms. The van der Waals surface area contributed by atoms with E-state index >= 15 is 0 Å². The lowest BCUT2D eigenvalue weighted by Gasteiger charge is -2.62. The average molecular weight is 326 g/mol. The van der Waals surface area contributed by atoms with Crippen LogP contribution >= 0.6 is 0 Å². The van der Waals surface area contributed by atoms with Crippen molar-refractivity contribution in [2.24, 2.45) is 22.7 Å². The normalized spacial score (nSPS) is 59.5. The van der Waals surface area contributed by atoms with E-state index in [9.17, 15) is 10.2 Å². The number of aliphatic hydroxyl groups excluding tert-OH is 1. The van der Waals surface area contributed by atoms with Gasteiger partial charge in [0, 0.05) is 17.3 Å². The van der Waals surface area contributed by atoms with Crippen molar-refractivity contribution in [2.45, 2.75) is 90.4 Å². The van der Waals surface area contributed by atoms with Crippen LogP contribution in [0.4, 0.5) is 0 Å². The summed E-state index contributed by atoms with van der Waals surface area (Å²) >= 11 is 0. The monoisotopic (exact) mass is 326 g/mol. The summed E-state index contributed by atoms with van der Waals surface area (Å²) in [5.41, 5.74) is -1.47. The fraction of sp³-hybridized carbons (Fsp3) is 1.00. The van der Waals surface area contributed by atoms with Crippen LogP contribution in [0.3, 0.4) is 0 Å². The van der Waals surface area contributed by atoms with Gasteiger partial charge in [0.25, 0.3) is 0 Å². The third-order valence-electron chi connectivity index (χ3n) is 7.18. The van der Waals surface area contributed by atoms with Crippen LogP contribution in [0.15, 0.2) is 0 Å². The van der Waals surface area contributed by atoms with Crippen LogP contribution in [-0.4, -0.2) is 46.2 Å². The molecule has 2 saturated carbocycles. The van der Waals surface area contributed by atoms with Gasteiger partial charge in [0.05, 0.1) is 17.8 Å². The molecule has 2 aliphatic carbocycles. The van der Waals surface area contributed by atoms with Gasteiger partial charge >= 0.3 is 0 Å². The number of aliphatic hydroxyl groups is 2. The molecular formula is C18H30O5. The lowest BCUT2D eigenvalue weighted by atomic mass is 9.44. The van der Waals surface area contributed by atoms with Gasteiger partial charge in [-0.2, -0.15) is 0 Å². The fourth-order valence-electron chi connectivity index (χ4n) is 6.55. The summed E-state index contributed by atoms with van der Waals surface area (Å²) in [5, 5.41) is 22.0. The van der Waals surface area contributed by atoms with Crippen molar-refractivity contribution in [2.75, 3.05) is 0 Å². The smallest absolute Gasteiger partial charge is 0.163 e. The van der Waals surface area contributed by atoms with E-state index in [0.29, 0.717) is 0 Å². The second kappa shape index (κ2) is 4.31. The Bertz CT molecular complexity index is 528. The van der Waals surface area contributed by atoms with Gasteiger partial charge in [0.1, 0.15) is 6.10 Å². The molecule has 5 nitrogen and oxygen atoms in total. The first kappa shape index (κ1) is 16.3. The van der Waals surface area contributed by atoms with Crippen LogP contribution < -0.4 is 0 Å². The summed E-state index contributed by atoms with van der Waals surface area (Å²) in [6.07, 6.45) is 0.297. The molecule has 2 heterocycles. The van der Waals surface area contributed by atoms with Crippen LogP contribution in [-0.2, 0) is 14.2 Å². The first-order valence-electron chi connectivity index (χ1n) is 8.83. The standard InChI is InChI=1S/C18H30O5/c1-15(2)8-7-9-17(5)11(15)10-13(23-16(3,4)22-10)18(6,20)12(17)14(19)21-9/h9-14,19-20H,7-8H2,1-6H3/t9-,10-,11-,12-,13-,14+,17-,18+/m0/s1. The first-order chi connectivity index (χ1) is 10.4. The van der Waals surface area contributed by atoms with Crippen molar-refractivity contribution in [1.29, 1.82) is 0 Å². The zero-order valence-corrected chi connectivity index (χ0v) is 15.0. The van der Waals surface area contributed by atoms with E-state index in [1.165, 1.54) is 0 Å². The molecule has 4 rings (SSSR count). The highest BCUT2D eigenvalue weighted by Crippen LogP contribution is 2.68. The van der Waals surface area contributed by atoms with Crippen LogP contribution in [0.2, 0.25) is 0 Å². The molecule has 2 saturated heterocycles. The second-order valence-electron chi connectivity index (χ2n) is 9.61. The van der Waals surface area contributed by atoms with Gasteiger partial charge in [-0.1, -0.05) is 20.8 Å². The van der Waals surface area contributed by atoms with E-state index < -0.39 is 23.8 Å². The topological polar surface area (TPSA) is 68.2 Å². The molecular weight excluding hydrogens is 296 g/mol. The first-order valence-corrected chi connectivity index (χ1v) is 8.83. The number of ether oxygens (including phenoxy) is 3. The Morgan fingerprint density at radius 1 is 0.957 bits per heavy atom. The second-order valence-corrected chi connectivity index (χ2v) is 9.61. The van der Waals surface area contributed by atoms with Gasteiger partial charge < -0.3 is 24.4 Å². The third-order valence-corrected chi connectivity index (χ3v) is 7.18. The van der Waals surface area contributed by atoms with E-state index in [4.69, 9.17) is 14.2 Å². The highest BCUT2D eigenvalue weighted by atomic mass is 16.8. The lowest BCUT2D eigenvalue weighted by molar-refractivity contribution is -0.238. The third kappa shape index (κ3) is 1.86. The molecule has 0 aromatic carbocycles. The van der Waals surface area contributed by atoms with Gasteiger partial charge in [0.2, 0.25) is 0 Å². The Balaban J connectivity index is 1.90. The number of fused-ring (bicyclic) bond motifs is 2. The predicted molar refractivity (Wildman–Crippen MR) is 83.4 cm³/mol. The number of rotatable bonds is 0. The molecule has 0 unspecified atom stereocenters. The van der Waals surface area contributed by atoms with Gasteiger partial charge in [-0.25, -0.2) is 0 Å². The van der Waals surface area contributed by atoms with Crippen LogP contribution in [0.25, 0.3) is 0 Å². The Morgan fingerprint density at radius 3 is 2.26 bits per heavy atom. The van der Waals surface area contributed by atoms with Gasteiger partial charge in [-0.15, -0.1) is 0 Å². The van der Waals surface area contributed by atoms with Crippen molar-refractivity contribution in [1.82, 2.24) is 0 Å². The highest BCUT2D eigenvalue weighted by Gasteiger charge is 2.76. The van der Waals surface area contributed by atoms with E-state index in [-0.39, 0.29) is 34.9 Å². The highest BCUT2D eigenvalue weighted by molar-refractivity contribution is 5.21. The molecule has 23 heavy (non-hydrogen) atoms. The lowest BCUT2D eigenvalue weighted by Crippen LogP contribution is -2.70. The molecule has 0 bridgehead atoms. The minimum absolute atomic E-state index is 0.0414. The molecule has 2 N–H and O–H groups in total. The summed E-state index contributed by atoms with van der Waals surface area (Å²) in [6.45, 7) is 12.3. The molecule has 4 aliphatic rings. The number of hydrogen-bond donors (Lipinski definition) is 2. The Kier molecular flexibility index (Phi) is 3.05. The van der Waals surface area contributed by atoms with Crippen LogP contribution in [0.1, 0.15) is 54.4 Å². The van der Waals surface area contributed by atoms with Crippen molar-refractivity contribution in [3.63, 3.8) is 0 Å². The van der Waals surface area contributed by atoms with Crippen molar-refractivity contribution < 1.29 is 24.4 Å². The maximum atomic E-state index is 11.4. The molecule has 4 fully saturated rings. The summed E-state index contributed by atoms with van der Waals surface area (Å²) in [6, 6.07) is 0. The van der Waals surface area contributed by atoms with E-state index in [2.05, 4.69) is 20.8 Å². The predicted octanol–water partition coefficient (Wildman–Crippen LogP) is 2.05. The fourth-order valence-corrected chi connectivity index (χ4v) is 6.55. The SMILES string of the molecule is CC1(C)O[C@@H]2[C@H](O1)[C@](C)(O)[C@H]1[C@H](O)O[C@H]3CCC(C)(C)[C@H]2[C@]31C. The van der Waals surface area contributed by atoms with Crippen molar-refractivity contribution >= 4 is 0 Å². The molecule has 0 aromatic rings. The van der Waals surface area contributed by atoms with Gasteiger partial charge in [-0.05, 0) is 39.0 Å². The van der Waals surface area contributed by atoms with Crippen molar-refractivity contribution in [3.05, 3.63) is 0 Å². The molecule has 8 atom stereocenters. The average Bonchev–Trinajstić information content (AvgIpc) is 2.81. The Labute approximate surface area is 138 Å². The molecule has 2 aliphatic heterocycles. The zero-order chi connectivity index (χ0) is 17.0. The van der Waals surface area contributed by atoms with Crippen LogP contribution in [0.5, 0.6) is 0 Å². The quantitative estimate of drug-likeness (QED) is 0.713. The summed E-state index contributed by atoms with van der Waals surface area (Å²) in [4.78, 5) is 0. The Morgan fingerprint density at radius 2 is 1.61 bits per heavy atom. The van der Waals surface area contributed by atoms with Crippen LogP contribution in [0, 0.1) is 22.7 Å². The maximum Gasteiger partial charge on any atom is 0.163 e. The zero-order valence-electron chi connectivity index (χ0n) is 15.0. The number of hydrogen-bond acceptors (Lipinski definition) is 5. The summed E-state index contributed by atoms with van der Waals surface area (Å²) in [5.74, 6) is -0.922. The summed E-state index contributed by atoms with van der Waals surface area (Å²) in [7, 11) is 0. The van der Waals surface area contributed by atoms with Gasteiger partial charge in [-0.3, -0.25) is 0 Å². The largest absolute Gasteiger partial charge is 0.387 e. The van der Waals surface area contributed by atoms with E-state index in [1.54, 1.807) is 6.92 Å². The minimum atomic E-state index is -1.19. The molecule has 0 aromatic heterocycles. The summed E-state index contributed by atoms with van der Waals surface area (Å²) < 4.78 is 18.3. The minimum Gasteiger partial charge on any atom is -0.387 e. The van der Waals surface area contributed by atoms with E-state index in [0.717, 1.165) is 12.8 Å². The van der Waals surface area contributed by atoms with E-state index in [1.807, 2.05) is 13.8 Å².